The number of carbonyl (C=O) groups excluding carboxylic acids is 2. The second kappa shape index (κ2) is 10.1. The number of nitrogens with one attached hydrogen (secondary N) is 2. The molecule has 31 heavy (non-hydrogen) atoms. The zero-order valence-electron chi connectivity index (χ0n) is 18.1. The number of sulfonamides is 1. The minimum atomic E-state index is -4.07. The van der Waals surface area contributed by atoms with E-state index in [2.05, 4.69) is 10.0 Å². The zero-order valence-corrected chi connectivity index (χ0v) is 18.9. The monoisotopic (exact) mass is 455 g/mol. The summed E-state index contributed by atoms with van der Waals surface area (Å²) in [6.07, 6.45) is 0. The van der Waals surface area contributed by atoms with Crippen molar-refractivity contribution in [2.24, 2.45) is 5.92 Å². The molecule has 1 aliphatic rings. The molecular formula is C19H29N5O6S. The number of nitro benzene ring substituents is 1. The molecule has 1 saturated heterocycles. The van der Waals surface area contributed by atoms with Gasteiger partial charge in [-0.2, -0.15) is 4.72 Å². The fourth-order valence-electron chi connectivity index (χ4n) is 3.36. The number of amides is 3. The van der Waals surface area contributed by atoms with Gasteiger partial charge in [-0.25, -0.2) is 13.2 Å². The van der Waals surface area contributed by atoms with Gasteiger partial charge in [0.05, 0.1) is 9.82 Å². The largest absolute Gasteiger partial charge is 0.338 e. The maximum absolute atomic E-state index is 13.1. The average molecular weight is 456 g/mol. The molecule has 0 aliphatic carbocycles. The van der Waals surface area contributed by atoms with Crippen LogP contribution >= 0.6 is 0 Å². The summed E-state index contributed by atoms with van der Waals surface area (Å²) >= 11 is 0. The molecule has 1 aromatic carbocycles. The lowest BCUT2D eigenvalue weighted by Crippen LogP contribution is -2.61. The molecule has 0 aromatic heterocycles. The van der Waals surface area contributed by atoms with E-state index in [1.165, 1.54) is 0 Å². The lowest BCUT2D eigenvalue weighted by Gasteiger charge is -2.41. The summed E-state index contributed by atoms with van der Waals surface area (Å²) in [5.74, 6) is -0.708. The molecule has 0 radical (unpaired) electrons. The SMILES string of the molecule is CCNC(=O)N1CCN(C(=O)C(NS(=O)(=O)c2ccc([N+](=O)[O-])cc2)C(C)C)CC1C. The van der Waals surface area contributed by atoms with Crippen molar-refractivity contribution in [2.45, 2.75) is 44.7 Å². The van der Waals surface area contributed by atoms with Crippen molar-refractivity contribution in [3.63, 3.8) is 0 Å². The molecule has 0 bridgehead atoms. The number of nitro groups is 1. The summed E-state index contributed by atoms with van der Waals surface area (Å²) in [6, 6.07) is 3.05. The van der Waals surface area contributed by atoms with E-state index in [1.54, 1.807) is 23.6 Å². The minimum absolute atomic E-state index is 0.161. The number of hydrogen-bond donors (Lipinski definition) is 2. The van der Waals surface area contributed by atoms with Crippen LogP contribution < -0.4 is 10.0 Å². The van der Waals surface area contributed by atoms with E-state index < -0.39 is 21.0 Å². The van der Waals surface area contributed by atoms with E-state index in [9.17, 15) is 28.1 Å². The lowest BCUT2D eigenvalue weighted by atomic mass is 10.0. The van der Waals surface area contributed by atoms with Crippen LogP contribution in [-0.4, -0.2) is 73.3 Å². The fraction of sp³-hybridized carbons (Fsp3) is 0.579. The van der Waals surface area contributed by atoms with Crippen molar-refractivity contribution in [1.29, 1.82) is 0 Å². The number of non-ortho nitro benzene ring substituents is 1. The molecule has 2 unspecified atom stereocenters. The van der Waals surface area contributed by atoms with Gasteiger partial charge in [0.1, 0.15) is 6.04 Å². The molecule has 12 heteroatoms. The van der Waals surface area contributed by atoms with E-state index in [0.29, 0.717) is 26.2 Å². The van der Waals surface area contributed by atoms with Crippen LogP contribution in [0.2, 0.25) is 0 Å². The van der Waals surface area contributed by atoms with Crippen molar-refractivity contribution in [1.82, 2.24) is 19.8 Å². The van der Waals surface area contributed by atoms with Crippen LogP contribution in [0.5, 0.6) is 0 Å². The van der Waals surface area contributed by atoms with Crippen LogP contribution in [0.1, 0.15) is 27.7 Å². The van der Waals surface area contributed by atoms with Crippen molar-refractivity contribution < 1.29 is 22.9 Å². The summed E-state index contributed by atoms with van der Waals surface area (Å²) < 4.78 is 28.0. The highest BCUT2D eigenvalue weighted by Crippen LogP contribution is 2.19. The molecule has 0 spiro atoms. The van der Waals surface area contributed by atoms with Crippen molar-refractivity contribution in [2.75, 3.05) is 26.2 Å². The van der Waals surface area contributed by atoms with Crippen LogP contribution in [0.4, 0.5) is 10.5 Å². The van der Waals surface area contributed by atoms with Gasteiger partial charge in [0.25, 0.3) is 5.69 Å². The van der Waals surface area contributed by atoms with Crippen molar-refractivity contribution in [3.8, 4) is 0 Å². The summed E-state index contributed by atoms with van der Waals surface area (Å²) in [5.41, 5.74) is -0.227. The Bertz CT molecular complexity index is 918. The highest BCUT2D eigenvalue weighted by molar-refractivity contribution is 7.89. The van der Waals surface area contributed by atoms with Crippen molar-refractivity contribution >= 4 is 27.6 Å². The first kappa shape index (κ1) is 24.5. The number of nitrogens with zero attached hydrogens (tertiary/aromatic N) is 3. The normalized spacial score (nSPS) is 18.0. The lowest BCUT2D eigenvalue weighted by molar-refractivity contribution is -0.384. The van der Waals surface area contributed by atoms with E-state index in [4.69, 9.17) is 0 Å². The number of benzene rings is 1. The maximum Gasteiger partial charge on any atom is 0.317 e. The molecule has 2 rings (SSSR count). The van der Waals surface area contributed by atoms with Gasteiger partial charge in [-0.15, -0.1) is 0 Å². The standard InChI is InChI=1S/C19H29N5O6S/c1-5-20-19(26)23-11-10-22(12-14(23)4)18(25)17(13(2)3)21-31(29,30)16-8-6-15(7-9-16)24(27)28/h6-9,13-14,17,21H,5,10-12H2,1-4H3,(H,20,26). The highest BCUT2D eigenvalue weighted by atomic mass is 32.2. The van der Waals surface area contributed by atoms with Gasteiger partial charge in [0, 0.05) is 44.4 Å². The molecule has 1 aliphatic heterocycles. The van der Waals surface area contributed by atoms with Gasteiger partial charge < -0.3 is 15.1 Å². The van der Waals surface area contributed by atoms with Gasteiger partial charge in [-0.3, -0.25) is 14.9 Å². The highest BCUT2D eigenvalue weighted by Gasteiger charge is 2.36. The van der Waals surface area contributed by atoms with E-state index in [0.717, 1.165) is 24.3 Å². The third-order valence-corrected chi connectivity index (χ3v) is 6.56. The maximum atomic E-state index is 13.1. The Morgan fingerprint density at radius 2 is 1.84 bits per heavy atom. The number of piperazine rings is 1. The summed E-state index contributed by atoms with van der Waals surface area (Å²) in [5, 5.41) is 13.5. The number of carbonyl (C=O) groups is 2. The topological polar surface area (TPSA) is 142 Å². The zero-order chi connectivity index (χ0) is 23.3. The molecule has 2 N–H and O–H groups in total. The first-order chi connectivity index (χ1) is 14.5. The van der Waals surface area contributed by atoms with Crippen LogP contribution in [0.3, 0.4) is 0 Å². The van der Waals surface area contributed by atoms with Crippen LogP contribution in [0.15, 0.2) is 29.2 Å². The van der Waals surface area contributed by atoms with Gasteiger partial charge in [0.15, 0.2) is 0 Å². The first-order valence-electron chi connectivity index (χ1n) is 10.1. The molecule has 172 valence electrons. The Morgan fingerprint density at radius 1 is 1.23 bits per heavy atom. The third-order valence-electron chi connectivity index (χ3n) is 5.10. The van der Waals surface area contributed by atoms with E-state index in [1.807, 2.05) is 13.8 Å². The molecule has 3 amide bonds. The number of hydrogen-bond acceptors (Lipinski definition) is 6. The molecule has 11 nitrogen and oxygen atoms in total. The summed E-state index contributed by atoms with van der Waals surface area (Å²) in [6.45, 7) is 8.56. The third kappa shape index (κ3) is 5.91. The predicted molar refractivity (Wildman–Crippen MR) is 114 cm³/mol. The molecular weight excluding hydrogens is 426 g/mol. The number of rotatable bonds is 7. The van der Waals surface area contributed by atoms with Crippen LogP contribution in [0, 0.1) is 16.0 Å². The molecule has 2 atom stereocenters. The summed E-state index contributed by atoms with van der Waals surface area (Å²) in [4.78, 5) is 38.5. The van der Waals surface area contributed by atoms with Gasteiger partial charge in [-0.05, 0) is 31.9 Å². The van der Waals surface area contributed by atoms with Crippen LogP contribution in [-0.2, 0) is 14.8 Å². The summed E-state index contributed by atoms with van der Waals surface area (Å²) in [7, 11) is -4.07. The molecule has 1 heterocycles. The smallest absolute Gasteiger partial charge is 0.317 e. The molecule has 1 aromatic rings. The molecule has 0 saturated carbocycles. The Hall–Kier alpha value is -2.73. The second-order valence-corrected chi connectivity index (χ2v) is 9.47. The first-order valence-corrected chi connectivity index (χ1v) is 11.6. The minimum Gasteiger partial charge on any atom is -0.338 e. The predicted octanol–water partition coefficient (Wildman–Crippen LogP) is 1.16. The van der Waals surface area contributed by atoms with Crippen LogP contribution in [0.25, 0.3) is 0 Å². The number of urea groups is 1. The Morgan fingerprint density at radius 3 is 2.32 bits per heavy atom. The Labute approximate surface area is 182 Å². The van der Waals surface area contributed by atoms with E-state index >= 15 is 0 Å². The average Bonchev–Trinajstić information content (AvgIpc) is 2.71. The Balaban J connectivity index is 2.14. The molecule has 1 fully saturated rings. The van der Waals surface area contributed by atoms with Crippen molar-refractivity contribution in [3.05, 3.63) is 34.4 Å². The van der Waals surface area contributed by atoms with E-state index in [-0.39, 0.29) is 34.5 Å². The van der Waals surface area contributed by atoms with Gasteiger partial charge in [-0.1, -0.05) is 13.8 Å². The van der Waals surface area contributed by atoms with Gasteiger partial charge >= 0.3 is 6.03 Å². The Kier molecular flexibility index (Phi) is 7.96. The quantitative estimate of drug-likeness (QED) is 0.467. The second-order valence-electron chi connectivity index (χ2n) is 7.76. The van der Waals surface area contributed by atoms with Gasteiger partial charge in [0.2, 0.25) is 15.9 Å². The fourth-order valence-corrected chi connectivity index (χ4v) is 4.70.